The second-order valence-electron chi connectivity index (χ2n) is 5.68. The monoisotopic (exact) mass is 241 g/mol. The van der Waals surface area contributed by atoms with Crippen molar-refractivity contribution in [3.63, 3.8) is 0 Å². The molecule has 0 aromatic rings. The lowest BCUT2D eigenvalue weighted by Gasteiger charge is -2.32. The second-order valence-corrected chi connectivity index (χ2v) is 6.95. The van der Waals surface area contributed by atoms with Crippen LogP contribution in [0, 0.1) is 11.8 Å². The summed E-state index contributed by atoms with van der Waals surface area (Å²) in [6.07, 6.45) is 10.8. The lowest BCUT2D eigenvalue weighted by molar-refractivity contribution is 0.380. The lowest BCUT2D eigenvalue weighted by atomic mass is 10.00. The smallest absolute Gasteiger partial charge is 0.0276 e. The quantitative estimate of drug-likeness (QED) is 0.695. The Morgan fingerprint density at radius 1 is 1.12 bits per heavy atom. The van der Waals surface area contributed by atoms with Crippen LogP contribution in [-0.4, -0.2) is 23.6 Å². The molecule has 0 saturated heterocycles. The van der Waals surface area contributed by atoms with E-state index in [-0.39, 0.29) is 0 Å². The zero-order valence-electron chi connectivity index (χ0n) is 11.1. The molecule has 0 aromatic heterocycles. The summed E-state index contributed by atoms with van der Waals surface area (Å²) in [5.41, 5.74) is 0. The fourth-order valence-electron chi connectivity index (χ4n) is 2.79. The third kappa shape index (κ3) is 2.95. The van der Waals surface area contributed by atoms with Gasteiger partial charge in [0, 0.05) is 17.3 Å². The first kappa shape index (κ1) is 12.8. The van der Waals surface area contributed by atoms with Crippen molar-refractivity contribution < 1.29 is 0 Å². The van der Waals surface area contributed by atoms with Crippen LogP contribution in [0.2, 0.25) is 0 Å². The van der Waals surface area contributed by atoms with E-state index in [4.69, 9.17) is 0 Å². The summed E-state index contributed by atoms with van der Waals surface area (Å²) in [5, 5.41) is 3.92. The molecule has 2 rings (SSSR count). The highest BCUT2D eigenvalue weighted by Gasteiger charge is 2.42. The summed E-state index contributed by atoms with van der Waals surface area (Å²) < 4.78 is 0.488. The van der Waals surface area contributed by atoms with Gasteiger partial charge in [-0.25, -0.2) is 0 Å². The van der Waals surface area contributed by atoms with Crippen LogP contribution in [0.1, 0.15) is 52.4 Å². The predicted octanol–water partition coefficient (Wildman–Crippen LogP) is 3.69. The molecule has 0 heterocycles. The molecule has 2 aliphatic carbocycles. The van der Waals surface area contributed by atoms with E-state index in [1.807, 2.05) is 0 Å². The molecule has 16 heavy (non-hydrogen) atoms. The molecule has 0 atom stereocenters. The topological polar surface area (TPSA) is 12.0 Å². The van der Waals surface area contributed by atoms with Gasteiger partial charge in [-0.3, -0.25) is 0 Å². The third-order valence-corrected chi connectivity index (χ3v) is 6.23. The van der Waals surface area contributed by atoms with Crippen LogP contribution < -0.4 is 5.32 Å². The Bertz CT molecular complexity index is 197. The van der Waals surface area contributed by atoms with Gasteiger partial charge in [0.2, 0.25) is 0 Å². The van der Waals surface area contributed by atoms with E-state index >= 15 is 0 Å². The first-order valence-electron chi connectivity index (χ1n) is 7.03. The molecule has 2 fully saturated rings. The summed E-state index contributed by atoms with van der Waals surface area (Å²) in [7, 11) is 0. The number of thioether (sulfide) groups is 1. The molecule has 94 valence electrons. The van der Waals surface area contributed by atoms with Gasteiger partial charge in [0.15, 0.2) is 0 Å². The molecule has 0 amide bonds. The summed E-state index contributed by atoms with van der Waals surface area (Å²) in [6, 6.07) is 0.865. The van der Waals surface area contributed by atoms with Crippen molar-refractivity contribution in [3.8, 4) is 0 Å². The van der Waals surface area contributed by atoms with Gasteiger partial charge >= 0.3 is 0 Å². The van der Waals surface area contributed by atoms with Gasteiger partial charge in [0.05, 0.1) is 0 Å². The van der Waals surface area contributed by atoms with Crippen LogP contribution in [0.15, 0.2) is 0 Å². The van der Waals surface area contributed by atoms with Gasteiger partial charge in [0.25, 0.3) is 0 Å². The average molecular weight is 241 g/mol. The molecule has 2 heteroatoms. The Morgan fingerprint density at radius 3 is 1.94 bits per heavy atom. The Morgan fingerprint density at radius 2 is 1.62 bits per heavy atom. The van der Waals surface area contributed by atoms with E-state index in [1.54, 1.807) is 0 Å². The van der Waals surface area contributed by atoms with E-state index in [0.29, 0.717) is 4.75 Å². The van der Waals surface area contributed by atoms with Crippen molar-refractivity contribution >= 4 is 11.8 Å². The third-order valence-electron chi connectivity index (χ3n) is 4.64. The summed E-state index contributed by atoms with van der Waals surface area (Å²) >= 11 is 2.06. The zero-order valence-corrected chi connectivity index (χ0v) is 11.9. The summed E-state index contributed by atoms with van der Waals surface area (Å²) in [5.74, 6) is 2.06. The maximum atomic E-state index is 3.92. The van der Waals surface area contributed by atoms with Crippen molar-refractivity contribution in [1.29, 1.82) is 0 Å². The summed E-state index contributed by atoms with van der Waals surface area (Å²) in [4.78, 5) is 0. The molecule has 0 bridgehead atoms. The minimum atomic E-state index is 0.488. The van der Waals surface area contributed by atoms with E-state index in [9.17, 15) is 0 Å². The van der Waals surface area contributed by atoms with Crippen molar-refractivity contribution in [2.24, 2.45) is 11.8 Å². The van der Waals surface area contributed by atoms with E-state index in [0.717, 1.165) is 17.9 Å². The number of hydrogen-bond acceptors (Lipinski definition) is 2. The van der Waals surface area contributed by atoms with Gasteiger partial charge < -0.3 is 5.32 Å². The SMILES string of the molecule is CCC(CC)(CNC(C1CC1)C1CC1)SC. The van der Waals surface area contributed by atoms with Gasteiger partial charge in [-0.05, 0) is 56.6 Å². The van der Waals surface area contributed by atoms with E-state index in [1.165, 1.54) is 45.1 Å². The van der Waals surface area contributed by atoms with E-state index in [2.05, 4.69) is 37.2 Å². The van der Waals surface area contributed by atoms with Crippen LogP contribution in [0.3, 0.4) is 0 Å². The van der Waals surface area contributed by atoms with Gasteiger partial charge in [-0.1, -0.05) is 13.8 Å². The molecule has 1 N–H and O–H groups in total. The van der Waals surface area contributed by atoms with Crippen LogP contribution >= 0.6 is 11.8 Å². The minimum absolute atomic E-state index is 0.488. The van der Waals surface area contributed by atoms with Crippen LogP contribution in [-0.2, 0) is 0 Å². The second kappa shape index (κ2) is 5.30. The molecule has 2 aliphatic rings. The molecule has 0 spiro atoms. The predicted molar refractivity (Wildman–Crippen MR) is 74.1 cm³/mol. The number of nitrogens with one attached hydrogen (secondary N) is 1. The maximum absolute atomic E-state index is 3.92. The minimum Gasteiger partial charge on any atom is -0.312 e. The van der Waals surface area contributed by atoms with Gasteiger partial charge in [-0.2, -0.15) is 11.8 Å². The molecule has 2 saturated carbocycles. The van der Waals surface area contributed by atoms with E-state index < -0.39 is 0 Å². The summed E-state index contributed by atoms with van der Waals surface area (Å²) in [6.45, 7) is 5.90. The highest BCUT2D eigenvalue weighted by molar-refractivity contribution is 8.00. The highest BCUT2D eigenvalue weighted by Crippen LogP contribution is 2.45. The normalized spacial score (nSPS) is 21.8. The Labute approximate surface area is 105 Å². The first-order chi connectivity index (χ1) is 7.74. The zero-order chi connectivity index (χ0) is 11.6. The van der Waals surface area contributed by atoms with Crippen molar-refractivity contribution in [1.82, 2.24) is 5.32 Å². The first-order valence-corrected chi connectivity index (χ1v) is 8.25. The lowest BCUT2D eigenvalue weighted by Crippen LogP contribution is -2.43. The highest BCUT2D eigenvalue weighted by atomic mass is 32.2. The standard InChI is InChI=1S/C14H27NS/c1-4-14(5-2,16-3)10-15-13(11-6-7-11)12-8-9-12/h11-13,15H,4-10H2,1-3H3. The number of hydrogen-bond donors (Lipinski definition) is 1. The van der Waals surface area contributed by atoms with Crippen LogP contribution in [0.4, 0.5) is 0 Å². The molecule has 0 unspecified atom stereocenters. The molecular weight excluding hydrogens is 214 g/mol. The van der Waals surface area contributed by atoms with Crippen molar-refractivity contribution in [2.45, 2.75) is 63.2 Å². The molecule has 0 aliphatic heterocycles. The van der Waals surface area contributed by atoms with Crippen molar-refractivity contribution in [3.05, 3.63) is 0 Å². The Hall–Kier alpha value is 0.310. The maximum Gasteiger partial charge on any atom is 0.0276 e. The Kier molecular flexibility index (Phi) is 4.23. The largest absolute Gasteiger partial charge is 0.312 e. The fourth-order valence-corrected chi connectivity index (χ4v) is 3.60. The molecule has 0 radical (unpaired) electrons. The molecule has 1 nitrogen and oxygen atoms in total. The number of rotatable bonds is 8. The molecular formula is C14H27NS. The fraction of sp³-hybridized carbons (Fsp3) is 1.00. The van der Waals surface area contributed by atoms with Crippen molar-refractivity contribution in [2.75, 3.05) is 12.8 Å². The average Bonchev–Trinajstić information content (AvgIpc) is 3.18. The van der Waals surface area contributed by atoms with Gasteiger partial charge in [0.1, 0.15) is 0 Å². The van der Waals surface area contributed by atoms with Crippen LogP contribution in [0.25, 0.3) is 0 Å². The van der Waals surface area contributed by atoms with Gasteiger partial charge in [-0.15, -0.1) is 0 Å². The molecule has 0 aromatic carbocycles. The van der Waals surface area contributed by atoms with Crippen LogP contribution in [0.5, 0.6) is 0 Å². The Balaban J connectivity index is 1.83.